The zero-order valence-corrected chi connectivity index (χ0v) is 11.8. The molecule has 1 saturated carbocycles. The highest BCUT2D eigenvalue weighted by molar-refractivity contribution is 6.64. The second kappa shape index (κ2) is 6.57. The summed E-state index contributed by atoms with van der Waals surface area (Å²) in [5.74, 6) is 1.68. The van der Waals surface area contributed by atoms with E-state index in [9.17, 15) is 0 Å². The molecule has 0 bridgehead atoms. The minimum atomic E-state index is 0.658. The molecule has 0 spiro atoms. The topological polar surface area (TPSA) is 0 Å². The van der Waals surface area contributed by atoms with E-state index in [-0.39, 0.29) is 0 Å². The van der Waals surface area contributed by atoms with E-state index in [0.29, 0.717) is 6.71 Å². The van der Waals surface area contributed by atoms with Gasteiger partial charge in [0.05, 0.1) is 0 Å². The summed E-state index contributed by atoms with van der Waals surface area (Å²) in [7, 11) is 0. The van der Waals surface area contributed by atoms with E-state index in [2.05, 4.69) is 33.9 Å². The number of hydrogen-bond donors (Lipinski definition) is 0. The first-order chi connectivity index (χ1) is 7.54. The number of allylic oxidation sites excluding steroid dienone is 1. The largest absolute Gasteiger partial charge is 0.163 e. The molecule has 0 aromatic carbocycles. The molecule has 90 valence electrons. The van der Waals surface area contributed by atoms with Crippen LogP contribution in [0.2, 0.25) is 33.1 Å². The quantitative estimate of drug-likeness (QED) is 0.589. The smallest absolute Gasteiger partial charge is 0.108 e. The Kier molecular flexibility index (Phi) is 5.72. The van der Waals surface area contributed by atoms with Gasteiger partial charge in [-0.1, -0.05) is 65.2 Å². The lowest BCUT2D eigenvalue weighted by Gasteiger charge is -2.34. The molecule has 16 heavy (non-hydrogen) atoms. The second-order valence-electron chi connectivity index (χ2n) is 6.24. The standard InChI is InChI=1S/C14H28B2/c1-12(15(2)3)13-10-8-6-7-9-11-14(13)16(4)5/h13-14H,1,6-11H2,2-5H3/t13-,14-/m0/s1. The Hall–Kier alpha value is -0.130. The fourth-order valence-electron chi connectivity index (χ4n) is 3.20. The lowest BCUT2D eigenvalue weighted by molar-refractivity contribution is 0.424. The first-order valence-corrected chi connectivity index (χ1v) is 7.22. The Morgan fingerprint density at radius 3 is 2.00 bits per heavy atom. The van der Waals surface area contributed by atoms with Crippen LogP contribution in [-0.2, 0) is 0 Å². The third-order valence-corrected chi connectivity index (χ3v) is 4.39. The summed E-state index contributed by atoms with van der Waals surface area (Å²) in [6.45, 7) is 15.3. The molecule has 0 aromatic rings. The summed E-state index contributed by atoms with van der Waals surface area (Å²) in [5, 5.41) is 0. The van der Waals surface area contributed by atoms with Gasteiger partial charge in [0, 0.05) is 0 Å². The Labute approximate surface area is 103 Å². The third kappa shape index (κ3) is 3.71. The molecular weight excluding hydrogens is 190 g/mol. The lowest BCUT2D eigenvalue weighted by Crippen LogP contribution is -2.28. The summed E-state index contributed by atoms with van der Waals surface area (Å²) in [5.41, 5.74) is 1.51. The van der Waals surface area contributed by atoms with E-state index < -0.39 is 0 Å². The summed E-state index contributed by atoms with van der Waals surface area (Å²) in [6.07, 6.45) is 8.55. The van der Waals surface area contributed by atoms with Crippen LogP contribution in [0.15, 0.2) is 12.1 Å². The number of rotatable bonds is 3. The first-order valence-electron chi connectivity index (χ1n) is 7.22. The predicted molar refractivity (Wildman–Crippen MR) is 79.0 cm³/mol. The van der Waals surface area contributed by atoms with Gasteiger partial charge in [0.15, 0.2) is 6.71 Å². The summed E-state index contributed by atoms with van der Waals surface area (Å²) in [6, 6.07) is 0. The van der Waals surface area contributed by atoms with E-state index in [1.54, 1.807) is 0 Å². The summed E-state index contributed by atoms with van der Waals surface area (Å²) >= 11 is 0. The van der Waals surface area contributed by atoms with Gasteiger partial charge in [0.2, 0.25) is 0 Å². The molecule has 0 aliphatic heterocycles. The van der Waals surface area contributed by atoms with Crippen LogP contribution >= 0.6 is 0 Å². The molecule has 0 unspecified atom stereocenters. The lowest BCUT2D eigenvalue weighted by atomic mass is 9.35. The monoisotopic (exact) mass is 218 g/mol. The Morgan fingerprint density at radius 2 is 1.50 bits per heavy atom. The van der Waals surface area contributed by atoms with Crippen molar-refractivity contribution in [3.05, 3.63) is 12.1 Å². The van der Waals surface area contributed by atoms with Gasteiger partial charge in [-0.25, -0.2) is 0 Å². The Morgan fingerprint density at radius 1 is 0.938 bits per heavy atom. The maximum absolute atomic E-state index is 4.38. The van der Waals surface area contributed by atoms with Gasteiger partial charge in [-0.3, -0.25) is 0 Å². The van der Waals surface area contributed by atoms with Crippen LogP contribution in [0.4, 0.5) is 0 Å². The van der Waals surface area contributed by atoms with Crippen LogP contribution in [0.1, 0.15) is 38.5 Å². The van der Waals surface area contributed by atoms with Crippen molar-refractivity contribution < 1.29 is 0 Å². The molecule has 0 N–H and O–H groups in total. The average molecular weight is 218 g/mol. The van der Waals surface area contributed by atoms with Crippen molar-refractivity contribution in [1.82, 2.24) is 0 Å². The molecule has 0 aromatic heterocycles. The predicted octanol–water partition coefficient (Wildman–Crippen LogP) is 4.93. The van der Waals surface area contributed by atoms with Gasteiger partial charge >= 0.3 is 0 Å². The maximum Gasteiger partial charge on any atom is 0.163 e. The second-order valence-corrected chi connectivity index (χ2v) is 6.24. The van der Waals surface area contributed by atoms with Crippen molar-refractivity contribution in [2.75, 3.05) is 0 Å². The van der Waals surface area contributed by atoms with E-state index >= 15 is 0 Å². The van der Waals surface area contributed by atoms with Gasteiger partial charge < -0.3 is 0 Å². The van der Waals surface area contributed by atoms with E-state index in [1.165, 1.54) is 44.0 Å². The van der Waals surface area contributed by atoms with Crippen molar-refractivity contribution in [1.29, 1.82) is 0 Å². The molecule has 1 rings (SSSR count). The van der Waals surface area contributed by atoms with Crippen molar-refractivity contribution in [3.63, 3.8) is 0 Å². The molecule has 1 fully saturated rings. The highest BCUT2D eigenvalue weighted by Crippen LogP contribution is 2.39. The van der Waals surface area contributed by atoms with Crippen LogP contribution in [0.25, 0.3) is 0 Å². The molecule has 0 radical (unpaired) electrons. The minimum absolute atomic E-state index is 0.658. The highest BCUT2D eigenvalue weighted by atomic mass is 14.2. The maximum atomic E-state index is 4.38. The van der Waals surface area contributed by atoms with Gasteiger partial charge in [0.25, 0.3) is 0 Å². The van der Waals surface area contributed by atoms with Crippen LogP contribution in [-0.4, -0.2) is 13.4 Å². The van der Waals surface area contributed by atoms with E-state index in [0.717, 1.165) is 18.4 Å². The minimum Gasteiger partial charge on any atom is -0.108 e. The molecule has 2 heteroatoms. The number of hydrogen-bond acceptors (Lipinski definition) is 0. The van der Waals surface area contributed by atoms with Crippen molar-refractivity contribution in [2.24, 2.45) is 5.92 Å². The van der Waals surface area contributed by atoms with Gasteiger partial charge in [-0.2, -0.15) is 0 Å². The van der Waals surface area contributed by atoms with Crippen LogP contribution < -0.4 is 0 Å². The molecule has 0 nitrogen and oxygen atoms in total. The Bertz CT molecular complexity index is 221. The Balaban J connectivity index is 2.74. The molecule has 1 aliphatic rings. The molecule has 0 saturated heterocycles. The zero-order valence-electron chi connectivity index (χ0n) is 11.8. The molecule has 2 atom stereocenters. The highest BCUT2D eigenvalue weighted by Gasteiger charge is 2.29. The average Bonchev–Trinajstić information content (AvgIpc) is 2.15. The van der Waals surface area contributed by atoms with Crippen LogP contribution in [0.3, 0.4) is 0 Å². The van der Waals surface area contributed by atoms with Gasteiger partial charge in [-0.05, 0) is 12.3 Å². The summed E-state index contributed by atoms with van der Waals surface area (Å²) in [4.78, 5) is 0. The van der Waals surface area contributed by atoms with Gasteiger partial charge in [0.1, 0.15) is 6.71 Å². The van der Waals surface area contributed by atoms with E-state index in [1.807, 2.05) is 0 Å². The zero-order chi connectivity index (χ0) is 12.1. The van der Waals surface area contributed by atoms with Crippen molar-refractivity contribution in [2.45, 2.75) is 71.6 Å². The molecule has 1 aliphatic carbocycles. The van der Waals surface area contributed by atoms with Crippen molar-refractivity contribution >= 4 is 13.4 Å². The first kappa shape index (κ1) is 13.9. The fraction of sp³-hybridized carbons (Fsp3) is 0.857. The summed E-state index contributed by atoms with van der Waals surface area (Å²) < 4.78 is 0. The van der Waals surface area contributed by atoms with Crippen molar-refractivity contribution in [3.8, 4) is 0 Å². The van der Waals surface area contributed by atoms with Gasteiger partial charge in [-0.15, -0.1) is 12.1 Å². The molecule has 0 heterocycles. The normalized spacial score (nSPS) is 26.8. The SMILES string of the molecule is C=C(B(C)C)[C@@H]1CCCCCC[C@@H]1B(C)C. The fourth-order valence-corrected chi connectivity index (χ4v) is 3.20. The molecular formula is C14H28B2. The third-order valence-electron chi connectivity index (χ3n) is 4.39. The van der Waals surface area contributed by atoms with E-state index in [4.69, 9.17) is 0 Å². The van der Waals surface area contributed by atoms with Crippen LogP contribution in [0.5, 0.6) is 0 Å². The molecule has 0 amide bonds. The van der Waals surface area contributed by atoms with Crippen LogP contribution in [0, 0.1) is 5.92 Å².